The van der Waals surface area contributed by atoms with Gasteiger partial charge in [-0.25, -0.2) is 8.42 Å². The fraction of sp³-hybridized carbons (Fsp3) is 0.158. The molecule has 4 rings (SSSR count). The minimum atomic E-state index is -3.59. The van der Waals surface area contributed by atoms with Gasteiger partial charge in [-0.2, -0.15) is 4.31 Å². The van der Waals surface area contributed by atoms with Crippen molar-refractivity contribution in [3.8, 4) is 0 Å². The Kier molecular flexibility index (Phi) is 4.50. The zero-order valence-electron chi connectivity index (χ0n) is 13.3. The summed E-state index contributed by atoms with van der Waals surface area (Å²) in [6, 6.07) is 20.4. The van der Waals surface area contributed by atoms with Crippen LogP contribution in [0.4, 0.5) is 0 Å². The van der Waals surface area contributed by atoms with Crippen molar-refractivity contribution in [2.24, 2.45) is 0 Å². The minimum absolute atomic E-state index is 0.221. The molecule has 0 saturated carbocycles. The van der Waals surface area contributed by atoms with Gasteiger partial charge in [0.15, 0.2) is 0 Å². The molecule has 1 atom stereocenters. The molecule has 3 aromatic rings. The van der Waals surface area contributed by atoms with Gasteiger partial charge in [-0.15, -0.1) is 11.8 Å². The molecule has 128 valence electrons. The van der Waals surface area contributed by atoms with E-state index in [1.807, 2.05) is 42.5 Å². The molecule has 0 aromatic heterocycles. The van der Waals surface area contributed by atoms with Gasteiger partial charge in [0.1, 0.15) is 0 Å². The lowest BCUT2D eigenvalue weighted by atomic mass is 10.1. The molecule has 0 radical (unpaired) electrons. The Hall–Kier alpha value is -1.53. The smallest absolute Gasteiger partial charge is 0.207 e. The van der Waals surface area contributed by atoms with Crippen LogP contribution in [0.25, 0.3) is 10.8 Å². The summed E-state index contributed by atoms with van der Waals surface area (Å²) in [4.78, 5) is 0.368. The fourth-order valence-electron chi connectivity index (χ4n) is 3.14. The molecule has 0 aliphatic carbocycles. The van der Waals surface area contributed by atoms with Gasteiger partial charge in [-0.3, -0.25) is 0 Å². The van der Waals surface area contributed by atoms with E-state index < -0.39 is 10.0 Å². The van der Waals surface area contributed by atoms with Gasteiger partial charge in [-0.05, 0) is 29.1 Å². The van der Waals surface area contributed by atoms with E-state index in [9.17, 15) is 8.42 Å². The van der Waals surface area contributed by atoms with Crippen molar-refractivity contribution < 1.29 is 8.42 Å². The summed E-state index contributed by atoms with van der Waals surface area (Å²) in [5.41, 5.74) is 0.954. The summed E-state index contributed by atoms with van der Waals surface area (Å²) in [5.74, 6) is 0.775. The van der Waals surface area contributed by atoms with Crippen molar-refractivity contribution in [2.45, 2.75) is 10.3 Å². The molecule has 1 aliphatic rings. The molecule has 3 aromatic carbocycles. The Morgan fingerprint density at radius 2 is 1.68 bits per heavy atom. The van der Waals surface area contributed by atoms with Crippen LogP contribution in [-0.4, -0.2) is 25.0 Å². The highest BCUT2D eigenvalue weighted by Crippen LogP contribution is 2.42. The topological polar surface area (TPSA) is 37.4 Å². The van der Waals surface area contributed by atoms with Crippen LogP contribution in [0, 0.1) is 0 Å². The highest BCUT2D eigenvalue weighted by atomic mass is 35.5. The van der Waals surface area contributed by atoms with Crippen molar-refractivity contribution in [2.75, 3.05) is 12.3 Å². The zero-order chi connectivity index (χ0) is 17.4. The summed E-state index contributed by atoms with van der Waals surface area (Å²) in [6.07, 6.45) is 0. The van der Waals surface area contributed by atoms with Gasteiger partial charge in [0, 0.05) is 22.7 Å². The molecular weight excluding hydrogens is 374 g/mol. The highest BCUT2D eigenvalue weighted by Gasteiger charge is 2.37. The Morgan fingerprint density at radius 3 is 2.48 bits per heavy atom. The van der Waals surface area contributed by atoms with Gasteiger partial charge in [0.2, 0.25) is 10.0 Å². The van der Waals surface area contributed by atoms with Crippen molar-refractivity contribution in [3.63, 3.8) is 0 Å². The summed E-state index contributed by atoms with van der Waals surface area (Å²) in [6.45, 7) is 0.503. The zero-order valence-corrected chi connectivity index (χ0v) is 15.7. The number of thioether (sulfide) groups is 1. The number of nitrogens with zero attached hydrogens (tertiary/aromatic N) is 1. The van der Waals surface area contributed by atoms with E-state index in [1.165, 1.54) is 0 Å². The lowest BCUT2D eigenvalue weighted by Crippen LogP contribution is -2.30. The lowest BCUT2D eigenvalue weighted by molar-refractivity contribution is 0.435. The first-order chi connectivity index (χ1) is 12.1. The monoisotopic (exact) mass is 389 g/mol. The fourth-order valence-corrected chi connectivity index (χ4v) is 6.72. The number of fused-ring (bicyclic) bond motifs is 1. The molecule has 0 spiro atoms. The maximum Gasteiger partial charge on any atom is 0.245 e. The van der Waals surface area contributed by atoms with Gasteiger partial charge in [-0.1, -0.05) is 60.1 Å². The first kappa shape index (κ1) is 16.9. The molecule has 1 aliphatic heterocycles. The Morgan fingerprint density at radius 1 is 0.960 bits per heavy atom. The van der Waals surface area contributed by atoms with Gasteiger partial charge in [0.25, 0.3) is 0 Å². The van der Waals surface area contributed by atoms with Crippen LogP contribution in [0.1, 0.15) is 10.9 Å². The molecule has 1 fully saturated rings. The number of halogens is 1. The van der Waals surface area contributed by atoms with Crippen LogP contribution >= 0.6 is 23.4 Å². The molecule has 0 bridgehead atoms. The van der Waals surface area contributed by atoms with Crippen molar-refractivity contribution in [1.29, 1.82) is 0 Å². The highest BCUT2D eigenvalue weighted by molar-refractivity contribution is 8.01. The molecule has 6 heteroatoms. The van der Waals surface area contributed by atoms with E-state index in [0.717, 1.165) is 22.1 Å². The molecule has 1 saturated heterocycles. The van der Waals surface area contributed by atoms with Gasteiger partial charge < -0.3 is 0 Å². The molecular formula is C19H16ClNO2S2. The van der Waals surface area contributed by atoms with Crippen LogP contribution in [0.2, 0.25) is 5.02 Å². The average Bonchev–Trinajstić information content (AvgIpc) is 3.12. The van der Waals surface area contributed by atoms with Gasteiger partial charge >= 0.3 is 0 Å². The van der Waals surface area contributed by atoms with Crippen LogP contribution in [0.3, 0.4) is 0 Å². The third kappa shape index (κ3) is 3.06. The summed E-state index contributed by atoms with van der Waals surface area (Å²) < 4.78 is 28.4. The second-order valence-corrected chi connectivity index (χ2v) is 9.35. The second kappa shape index (κ2) is 6.65. The van der Waals surface area contributed by atoms with E-state index in [-0.39, 0.29) is 5.37 Å². The Balaban J connectivity index is 1.80. The summed E-state index contributed by atoms with van der Waals surface area (Å²) in [5, 5.41) is 2.12. The van der Waals surface area contributed by atoms with Crippen LogP contribution in [-0.2, 0) is 10.0 Å². The predicted molar refractivity (Wildman–Crippen MR) is 104 cm³/mol. The van der Waals surface area contributed by atoms with Crippen molar-refractivity contribution >= 4 is 44.2 Å². The molecule has 1 heterocycles. The molecule has 3 nitrogen and oxygen atoms in total. The maximum absolute atomic E-state index is 13.4. The number of benzene rings is 3. The van der Waals surface area contributed by atoms with Crippen molar-refractivity contribution in [1.82, 2.24) is 4.31 Å². The van der Waals surface area contributed by atoms with Crippen LogP contribution in [0.15, 0.2) is 71.6 Å². The summed E-state index contributed by atoms with van der Waals surface area (Å²) >= 11 is 7.61. The van der Waals surface area contributed by atoms with E-state index in [4.69, 9.17) is 11.6 Å². The van der Waals surface area contributed by atoms with Crippen molar-refractivity contribution in [3.05, 3.63) is 77.3 Å². The lowest BCUT2D eigenvalue weighted by Gasteiger charge is -2.24. The van der Waals surface area contributed by atoms with E-state index in [0.29, 0.717) is 16.5 Å². The standard InChI is InChI=1S/C19H16ClNO2S2/c20-16-10-8-15(9-11-16)19-21(12-13-24-19)25(22,23)18-7-3-5-14-4-1-2-6-17(14)18/h1-11,19H,12-13H2. The number of rotatable bonds is 3. The first-order valence-electron chi connectivity index (χ1n) is 7.94. The SMILES string of the molecule is O=S(=O)(c1cccc2ccccc12)N1CCSC1c1ccc(Cl)cc1. The van der Waals surface area contributed by atoms with Gasteiger partial charge in [0.05, 0.1) is 10.3 Å². The molecule has 1 unspecified atom stereocenters. The average molecular weight is 390 g/mol. The quantitative estimate of drug-likeness (QED) is 0.637. The molecule has 0 amide bonds. The molecule has 25 heavy (non-hydrogen) atoms. The predicted octanol–water partition coefficient (Wildman–Crippen LogP) is 4.93. The Labute approximate surface area is 156 Å². The normalized spacial score (nSPS) is 18.7. The number of sulfonamides is 1. The van der Waals surface area contributed by atoms with Crippen LogP contribution < -0.4 is 0 Å². The van der Waals surface area contributed by atoms with E-state index in [2.05, 4.69) is 0 Å². The number of hydrogen-bond donors (Lipinski definition) is 0. The molecule has 0 N–H and O–H groups in total. The minimum Gasteiger partial charge on any atom is -0.207 e. The van der Waals surface area contributed by atoms with Crippen LogP contribution in [0.5, 0.6) is 0 Å². The third-order valence-electron chi connectivity index (χ3n) is 4.34. The Bertz CT molecular complexity index is 1010. The van der Waals surface area contributed by atoms with E-state index in [1.54, 1.807) is 40.3 Å². The first-order valence-corrected chi connectivity index (χ1v) is 10.8. The number of hydrogen-bond acceptors (Lipinski definition) is 3. The van der Waals surface area contributed by atoms with E-state index >= 15 is 0 Å². The largest absolute Gasteiger partial charge is 0.245 e. The second-order valence-electron chi connectivity index (χ2n) is 5.87. The third-order valence-corrected chi connectivity index (χ3v) is 7.91. The maximum atomic E-state index is 13.4. The summed E-state index contributed by atoms with van der Waals surface area (Å²) in [7, 11) is -3.59.